The molecule has 0 saturated carbocycles. The van der Waals surface area contributed by atoms with E-state index in [9.17, 15) is 9.18 Å². The van der Waals surface area contributed by atoms with E-state index >= 15 is 0 Å². The number of hydrogen-bond acceptors (Lipinski definition) is 2. The van der Waals surface area contributed by atoms with Crippen LogP contribution in [0.15, 0.2) is 42.5 Å². The van der Waals surface area contributed by atoms with Crippen LogP contribution < -0.4 is 4.90 Å². The molecule has 1 heterocycles. The zero-order valence-corrected chi connectivity index (χ0v) is 10.7. The number of halogens is 1. The molecule has 19 heavy (non-hydrogen) atoms. The maximum Gasteiger partial charge on any atom is 0.159 e. The number of nitrogens with zero attached hydrogens (tertiary/aromatic N) is 1. The van der Waals surface area contributed by atoms with Crippen molar-refractivity contribution in [1.82, 2.24) is 0 Å². The third-order valence-electron chi connectivity index (χ3n) is 3.53. The molecule has 0 fully saturated rings. The highest BCUT2D eigenvalue weighted by Gasteiger charge is 2.22. The number of rotatable bonds is 2. The minimum absolute atomic E-state index is 0.118. The lowest BCUT2D eigenvalue weighted by molar-refractivity contribution is 0.101. The Morgan fingerprint density at radius 3 is 2.68 bits per heavy atom. The first kappa shape index (κ1) is 11.9. The summed E-state index contributed by atoms with van der Waals surface area (Å²) in [7, 11) is 0. The van der Waals surface area contributed by atoms with Crippen molar-refractivity contribution in [2.24, 2.45) is 0 Å². The van der Waals surface area contributed by atoms with Gasteiger partial charge in [-0.15, -0.1) is 0 Å². The van der Waals surface area contributed by atoms with E-state index in [1.807, 2.05) is 23.1 Å². The van der Waals surface area contributed by atoms with Crippen molar-refractivity contribution in [2.75, 3.05) is 11.4 Å². The predicted octanol–water partition coefficient (Wildman–Crippen LogP) is 3.72. The second-order valence-electron chi connectivity index (χ2n) is 4.75. The van der Waals surface area contributed by atoms with Crippen LogP contribution in [-0.2, 0) is 6.42 Å². The largest absolute Gasteiger partial charge is 0.339 e. The van der Waals surface area contributed by atoms with E-state index in [0.29, 0.717) is 11.3 Å². The van der Waals surface area contributed by atoms with Crippen LogP contribution in [0.5, 0.6) is 0 Å². The van der Waals surface area contributed by atoms with E-state index in [4.69, 9.17) is 0 Å². The molecule has 1 aliphatic rings. The number of carbonyl (C=O) groups excluding carboxylic acids is 1. The van der Waals surface area contributed by atoms with Crippen molar-refractivity contribution >= 4 is 17.2 Å². The Bertz CT molecular complexity index is 651. The molecule has 0 N–H and O–H groups in total. The zero-order chi connectivity index (χ0) is 13.4. The highest BCUT2D eigenvalue weighted by atomic mass is 19.1. The highest BCUT2D eigenvalue weighted by molar-refractivity contribution is 5.94. The summed E-state index contributed by atoms with van der Waals surface area (Å²) in [6.45, 7) is 2.22. The lowest BCUT2D eigenvalue weighted by Crippen LogP contribution is -2.15. The fraction of sp³-hybridized carbons (Fsp3) is 0.188. The normalized spacial score (nSPS) is 13.5. The number of anilines is 2. The molecule has 3 heteroatoms. The van der Waals surface area contributed by atoms with Crippen molar-refractivity contribution in [3.8, 4) is 0 Å². The number of fused-ring (bicyclic) bond motifs is 1. The van der Waals surface area contributed by atoms with E-state index < -0.39 is 0 Å². The van der Waals surface area contributed by atoms with Gasteiger partial charge in [0.05, 0.1) is 5.69 Å². The van der Waals surface area contributed by atoms with Crippen molar-refractivity contribution in [3.63, 3.8) is 0 Å². The maximum atomic E-state index is 14.2. The minimum Gasteiger partial charge on any atom is -0.339 e. The van der Waals surface area contributed by atoms with E-state index in [0.717, 1.165) is 18.7 Å². The Balaban J connectivity index is 2.03. The van der Waals surface area contributed by atoms with Gasteiger partial charge in [-0.2, -0.15) is 0 Å². The summed E-state index contributed by atoms with van der Waals surface area (Å²) in [5.74, 6) is -0.461. The molecule has 96 valence electrons. The predicted molar refractivity (Wildman–Crippen MR) is 73.6 cm³/mol. The Kier molecular flexibility index (Phi) is 2.82. The van der Waals surface area contributed by atoms with Gasteiger partial charge in [0.25, 0.3) is 0 Å². The Morgan fingerprint density at radius 1 is 1.16 bits per heavy atom. The standard InChI is InChI=1S/C16H14FNO/c1-11(19)13-6-7-16(14(17)10-13)18-9-8-12-4-2-3-5-15(12)18/h2-7,10H,8-9H2,1H3. The van der Waals surface area contributed by atoms with E-state index in [1.165, 1.54) is 18.6 Å². The van der Waals surface area contributed by atoms with Gasteiger partial charge in [-0.1, -0.05) is 18.2 Å². The second-order valence-corrected chi connectivity index (χ2v) is 4.75. The second kappa shape index (κ2) is 4.50. The molecule has 0 amide bonds. The van der Waals surface area contributed by atoms with Crippen LogP contribution >= 0.6 is 0 Å². The van der Waals surface area contributed by atoms with Crippen LogP contribution in [-0.4, -0.2) is 12.3 Å². The first-order valence-corrected chi connectivity index (χ1v) is 6.33. The monoisotopic (exact) mass is 255 g/mol. The van der Waals surface area contributed by atoms with Gasteiger partial charge >= 0.3 is 0 Å². The molecule has 0 aromatic heterocycles. The molecule has 0 saturated heterocycles. The van der Waals surface area contributed by atoms with Gasteiger partial charge in [0.2, 0.25) is 0 Å². The fourth-order valence-corrected chi connectivity index (χ4v) is 2.53. The topological polar surface area (TPSA) is 20.3 Å². The first-order valence-electron chi connectivity index (χ1n) is 6.33. The van der Waals surface area contributed by atoms with E-state index in [-0.39, 0.29) is 11.6 Å². The highest BCUT2D eigenvalue weighted by Crippen LogP contribution is 2.35. The number of Topliss-reactive ketones (excluding diaryl/α,β-unsaturated/α-hetero) is 1. The lowest BCUT2D eigenvalue weighted by atomic mass is 10.1. The molecule has 2 nitrogen and oxygen atoms in total. The lowest BCUT2D eigenvalue weighted by Gasteiger charge is -2.20. The Hall–Kier alpha value is -2.16. The molecular formula is C16H14FNO. The zero-order valence-electron chi connectivity index (χ0n) is 10.7. The quantitative estimate of drug-likeness (QED) is 0.762. The smallest absolute Gasteiger partial charge is 0.159 e. The number of carbonyl (C=O) groups is 1. The van der Waals surface area contributed by atoms with Gasteiger partial charge in [0, 0.05) is 17.8 Å². The van der Waals surface area contributed by atoms with Gasteiger partial charge in [0.15, 0.2) is 5.78 Å². The molecule has 2 aromatic rings. The molecule has 2 aromatic carbocycles. The fourth-order valence-electron chi connectivity index (χ4n) is 2.53. The van der Waals surface area contributed by atoms with E-state index in [1.54, 1.807) is 12.1 Å². The van der Waals surface area contributed by atoms with Gasteiger partial charge < -0.3 is 4.90 Å². The average Bonchev–Trinajstić information content (AvgIpc) is 2.82. The third kappa shape index (κ3) is 2.01. The van der Waals surface area contributed by atoms with Crippen LogP contribution in [0.4, 0.5) is 15.8 Å². The molecule has 1 aliphatic heterocycles. The van der Waals surface area contributed by atoms with Gasteiger partial charge in [0.1, 0.15) is 5.82 Å². The summed E-state index contributed by atoms with van der Waals surface area (Å²) >= 11 is 0. The SMILES string of the molecule is CC(=O)c1ccc(N2CCc3ccccc32)c(F)c1. The first-order chi connectivity index (χ1) is 9.16. The summed E-state index contributed by atoms with van der Waals surface area (Å²) in [6.07, 6.45) is 0.921. The van der Waals surface area contributed by atoms with E-state index in [2.05, 4.69) is 6.07 Å². The molecule has 0 atom stereocenters. The van der Waals surface area contributed by atoms with Crippen molar-refractivity contribution < 1.29 is 9.18 Å². The molecule has 0 aliphatic carbocycles. The molecule has 0 bridgehead atoms. The Morgan fingerprint density at radius 2 is 1.95 bits per heavy atom. The maximum absolute atomic E-state index is 14.2. The summed E-state index contributed by atoms with van der Waals surface area (Å²) in [5.41, 5.74) is 3.23. The summed E-state index contributed by atoms with van der Waals surface area (Å²) in [6, 6.07) is 12.7. The average molecular weight is 255 g/mol. The number of ketones is 1. The molecular weight excluding hydrogens is 241 g/mol. The molecule has 3 rings (SSSR count). The molecule has 0 spiro atoms. The molecule has 0 unspecified atom stereocenters. The third-order valence-corrected chi connectivity index (χ3v) is 3.53. The summed E-state index contributed by atoms with van der Waals surface area (Å²) in [5, 5.41) is 0. The van der Waals surface area contributed by atoms with Crippen LogP contribution in [0.2, 0.25) is 0 Å². The van der Waals surface area contributed by atoms with Gasteiger partial charge in [-0.25, -0.2) is 4.39 Å². The Labute approximate surface area is 111 Å². The van der Waals surface area contributed by atoms with Gasteiger partial charge in [-0.3, -0.25) is 4.79 Å². The van der Waals surface area contributed by atoms with Crippen LogP contribution in [0.25, 0.3) is 0 Å². The van der Waals surface area contributed by atoms with Crippen LogP contribution in [0, 0.1) is 5.82 Å². The van der Waals surface area contributed by atoms with Crippen LogP contribution in [0.1, 0.15) is 22.8 Å². The number of para-hydroxylation sites is 1. The van der Waals surface area contributed by atoms with Crippen LogP contribution in [0.3, 0.4) is 0 Å². The number of benzene rings is 2. The van der Waals surface area contributed by atoms with Crippen molar-refractivity contribution in [2.45, 2.75) is 13.3 Å². The van der Waals surface area contributed by atoms with Crippen molar-refractivity contribution in [1.29, 1.82) is 0 Å². The van der Waals surface area contributed by atoms with Gasteiger partial charge in [-0.05, 0) is 43.2 Å². The van der Waals surface area contributed by atoms with Crippen molar-refractivity contribution in [3.05, 3.63) is 59.4 Å². The number of hydrogen-bond donors (Lipinski definition) is 0. The summed E-state index contributed by atoms with van der Waals surface area (Å²) in [4.78, 5) is 13.2. The summed E-state index contributed by atoms with van der Waals surface area (Å²) < 4.78 is 14.2. The minimum atomic E-state index is -0.343. The molecule has 0 radical (unpaired) electrons.